The molecule has 2 saturated heterocycles. The van der Waals surface area contributed by atoms with Gasteiger partial charge in [-0.3, -0.25) is 14.5 Å². The molecule has 4 amide bonds. The summed E-state index contributed by atoms with van der Waals surface area (Å²) in [6, 6.07) is 13.0. The van der Waals surface area contributed by atoms with Gasteiger partial charge in [-0.25, -0.2) is 13.2 Å². The van der Waals surface area contributed by atoms with Crippen molar-refractivity contribution in [2.75, 3.05) is 25.0 Å². The maximum Gasteiger partial charge on any atom is 0.325 e. The minimum absolute atomic E-state index is 0.105. The quantitative estimate of drug-likeness (QED) is 0.618. The van der Waals surface area contributed by atoms with E-state index >= 15 is 0 Å². The molecule has 2 aliphatic heterocycles. The number of amides is 4. The second kappa shape index (κ2) is 9.09. The number of rotatable bonds is 5. The molecule has 1 spiro atoms. The Kier molecular flexibility index (Phi) is 6.10. The lowest BCUT2D eigenvalue weighted by molar-refractivity contribution is -0.134. The summed E-state index contributed by atoms with van der Waals surface area (Å²) < 4.78 is 27.7. The summed E-state index contributed by atoms with van der Waals surface area (Å²) in [7, 11) is -3.67. The van der Waals surface area contributed by atoms with Crippen LogP contribution < -0.4 is 10.6 Å². The molecule has 0 aromatic heterocycles. The van der Waals surface area contributed by atoms with Gasteiger partial charge in [-0.15, -0.1) is 0 Å². The van der Waals surface area contributed by atoms with Crippen LogP contribution in [0.15, 0.2) is 53.4 Å². The van der Waals surface area contributed by atoms with Crippen LogP contribution >= 0.6 is 0 Å². The molecule has 1 atom stereocenters. The molecule has 2 fully saturated rings. The second-order valence-electron chi connectivity index (χ2n) is 9.28. The number of urea groups is 1. The molecule has 0 saturated carbocycles. The first-order valence-electron chi connectivity index (χ1n) is 11.9. The van der Waals surface area contributed by atoms with E-state index in [1.807, 2.05) is 24.3 Å². The largest absolute Gasteiger partial charge is 0.325 e. The molecular weight excluding hydrogens is 468 g/mol. The van der Waals surface area contributed by atoms with Crippen molar-refractivity contribution in [2.45, 2.75) is 49.0 Å². The highest BCUT2D eigenvalue weighted by molar-refractivity contribution is 7.89. The number of aryl methyl sites for hydroxylation is 1. The average molecular weight is 497 g/mol. The van der Waals surface area contributed by atoms with Gasteiger partial charge < -0.3 is 10.6 Å². The number of nitrogens with zero attached hydrogens (tertiary/aromatic N) is 2. The average Bonchev–Trinajstić information content (AvgIpc) is 3.15. The van der Waals surface area contributed by atoms with Crippen LogP contribution in [-0.2, 0) is 31.6 Å². The number of anilines is 1. The normalized spacial score (nSPS) is 22.7. The van der Waals surface area contributed by atoms with Crippen LogP contribution in [0.3, 0.4) is 0 Å². The molecule has 5 rings (SSSR count). The fraction of sp³-hybridized carbons (Fsp3) is 0.400. The van der Waals surface area contributed by atoms with E-state index < -0.39 is 40.0 Å². The van der Waals surface area contributed by atoms with Crippen molar-refractivity contribution < 1.29 is 22.8 Å². The number of carbonyl (C=O) groups is 3. The lowest BCUT2D eigenvalue weighted by atomic mass is 9.92. The van der Waals surface area contributed by atoms with Gasteiger partial charge in [-0.1, -0.05) is 43.2 Å². The van der Waals surface area contributed by atoms with Gasteiger partial charge in [0.05, 0.1) is 4.90 Å². The van der Waals surface area contributed by atoms with E-state index in [2.05, 4.69) is 10.6 Å². The summed E-state index contributed by atoms with van der Waals surface area (Å²) in [6.45, 7) is 0.504. The number of imide groups is 1. The maximum atomic E-state index is 13.3. The van der Waals surface area contributed by atoms with E-state index in [4.69, 9.17) is 0 Å². The van der Waals surface area contributed by atoms with Crippen molar-refractivity contribution in [3.05, 3.63) is 59.7 Å². The van der Waals surface area contributed by atoms with Crippen molar-refractivity contribution in [1.29, 1.82) is 0 Å². The molecule has 10 heteroatoms. The first kappa shape index (κ1) is 23.5. The second-order valence-corrected chi connectivity index (χ2v) is 11.2. The van der Waals surface area contributed by atoms with E-state index in [9.17, 15) is 22.8 Å². The summed E-state index contributed by atoms with van der Waals surface area (Å²) in [6.07, 6.45) is 4.79. The van der Waals surface area contributed by atoms with Crippen LogP contribution in [0, 0.1) is 0 Å². The van der Waals surface area contributed by atoms with Crippen molar-refractivity contribution in [2.24, 2.45) is 0 Å². The highest BCUT2D eigenvalue weighted by Crippen LogP contribution is 2.41. The van der Waals surface area contributed by atoms with Crippen LogP contribution in [0.2, 0.25) is 0 Å². The molecule has 35 heavy (non-hydrogen) atoms. The van der Waals surface area contributed by atoms with Gasteiger partial charge in [0.15, 0.2) is 0 Å². The maximum absolute atomic E-state index is 13.3. The molecule has 184 valence electrons. The van der Waals surface area contributed by atoms with Crippen LogP contribution in [0.1, 0.15) is 43.2 Å². The summed E-state index contributed by atoms with van der Waals surface area (Å²) >= 11 is 0. The monoisotopic (exact) mass is 496 g/mol. The third-order valence-corrected chi connectivity index (χ3v) is 8.94. The van der Waals surface area contributed by atoms with E-state index in [0.29, 0.717) is 31.6 Å². The van der Waals surface area contributed by atoms with Crippen LogP contribution in [0.5, 0.6) is 0 Å². The van der Waals surface area contributed by atoms with Gasteiger partial charge in [0.2, 0.25) is 15.9 Å². The first-order valence-corrected chi connectivity index (χ1v) is 13.4. The topological polar surface area (TPSA) is 116 Å². The Balaban J connectivity index is 1.29. The number of nitrogens with one attached hydrogen (secondary N) is 2. The van der Waals surface area contributed by atoms with Crippen LogP contribution in [-0.4, -0.2) is 55.1 Å². The van der Waals surface area contributed by atoms with Crippen molar-refractivity contribution in [1.82, 2.24) is 14.5 Å². The highest BCUT2D eigenvalue weighted by atomic mass is 32.2. The Hall–Kier alpha value is -3.24. The molecular formula is C25H28N4O5S. The molecule has 0 radical (unpaired) electrons. The minimum Gasteiger partial charge on any atom is -0.324 e. The van der Waals surface area contributed by atoms with Gasteiger partial charge in [0.1, 0.15) is 12.1 Å². The summed E-state index contributed by atoms with van der Waals surface area (Å²) in [5, 5.41) is 5.44. The number of carbonyl (C=O) groups excluding carboxylic acids is 3. The van der Waals surface area contributed by atoms with Gasteiger partial charge in [0, 0.05) is 18.8 Å². The van der Waals surface area contributed by atoms with E-state index in [1.165, 1.54) is 16.4 Å². The van der Waals surface area contributed by atoms with Gasteiger partial charge in [0.25, 0.3) is 5.91 Å². The molecule has 2 heterocycles. The lowest BCUT2D eigenvalue weighted by Gasteiger charge is -2.22. The van der Waals surface area contributed by atoms with Gasteiger partial charge in [-0.05, 0) is 55.0 Å². The SMILES string of the molecule is O=C(CN1C(=O)NC2(CCc3ccccc32)C1=O)Nc1cccc(S(=O)(=O)N2CCCCCC2)c1. The van der Waals surface area contributed by atoms with Crippen LogP contribution in [0.25, 0.3) is 0 Å². The predicted octanol–water partition coefficient (Wildman–Crippen LogP) is 2.58. The Morgan fingerprint density at radius 3 is 2.51 bits per heavy atom. The van der Waals surface area contributed by atoms with Gasteiger partial charge >= 0.3 is 6.03 Å². The van der Waals surface area contributed by atoms with Crippen molar-refractivity contribution in [3.8, 4) is 0 Å². The number of sulfonamides is 1. The third-order valence-electron chi connectivity index (χ3n) is 7.04. The molecule has 2 aromatic carbocycles. The third kappa shape index (κ3) is 4.21. The first-order chi connectivity index (χ1) is 16.8. The molecule has 1 aliphatic carbocycles. The van der Waals surface area contributed by atoms with Crippen molar-refractivity contribution >= 4 is 33.6 Å². The molecule has 2 N–H and O–H groups in total. The standard InChI is InChI=1S/C25H28N4O5S/c30-22(17-29-23(31)25(27-24(29)32)13-12-18-8-3-4-11-21(18)25)26-19-9-7-10-20(16-19)35(33,34)28-14-5-1-2-6-15-28/h3-4,7-11,16H,1-2,5-6,12-15,17H2,(H,26,30)(H,27,32). The van der Waals surface area contributed by atoms with E-state index in [1.54, 1.807) is 12.1 Å². The van der Waals surface area contributed by atoms with Crippen LogP contribution in [0.4, 0.5) is 10.5 Å². The Morgan fingerprint density at radius 1 is 1.00 bits per heavy atom. The fourth-order valence-corrected chi connectivity index (χ4v) is 6.81. The van der Waals surface area contributed by atoms with E-state index in [0.717, 1.165) is 41.7 Å². The molecule has 2 aromatic rings. The lowest BCUT2D eigenvalue weighted by Crippen LogP contribution is -2.43. The zero-order valence-corrected chi connectivity index (χ0v) is 20.1. The Morgan fingerprint density at radius 2 is 1.74 bits per heavy atom. The fourth-order valence-electron chi connectivity index (χ4n) is 5.24. The zero-order chi connectivity index (χ0) is 24.6. The summed E-state index contributed by atoms with van der Waals surface area (Å²) in [4.78, 5) is 39.7. The number of hydrogen-bond donors (Lipinski definition) is 2. The summed E-state index contributed by atoms with van der Waals surface area (Å²) in [5.74, 6) is -1.03. The van der Waals surface area contributed by atoms with E-state index in [-0.39, 0.29) is 4.90 Å². The predicted molar refractivity (Wildman–Crippen MR) is 129 cm³/mol. The Labute approximate surface area is 204 Å². The summed E-state index contributed by atoms with van der Waals surface area (Å²) in [5.41, 5.74) is 0.941. The van der Waals surface area contributed by atoms with Crippen molar-refractivity contribution in [3.63, 3.8) is 0 Å². The molecule has 1 unspecified atom stereocenters. The number of hydrogen-bond acceptors (Lipinski definition) is 5. The molecule has 9 nitrogen and oxygen atoms in total. The highest BCUT2D eigenvalue weighted by Gasteiger charge is 2.55. The zero-order valence-electron chi connectivity index (χ0n) is 19.3. The Bertz CT molecular complexity index is 1290. The number of fused-ring (bicyclic) bond motifs is 2. The minimum atomic E-state index is -3.67. The van der Waals surface area contributed by atoms with Gasteiger partial charge in [-0.2, -0.15) is 4.31 Å². The molecule has 3 aliphatic rings. The molecule has 0 bridgehead atoms. The smallest absolute Gasteiger partial charge is 0.324 e. The number of benzene rings is 2.